The lowest BCUT2D eigenvalue weighted by Crippen LogP contribution is -2.56. The van der Waals surface area contributed by atoms with Crippen LogP contribution in [0.3, 0.4) is 0 Å². The molecule has 1 heterocycles. The first-order valence-electron chi connectivity index (χ1n) is 3.95. The van der Waals surface area contributed by atoms with Crippen molar-refractivity contribution in [2.24, 2.45) is 0 Å². The monoisotopic (exact) mass is 308 g/mol. The van der Waals surface area contributed by atoms with Gasteiger partial charge in [0.2, 0.25) is 0 Å². The van der Waals surface area contributed by atoms with Crippen LogP contribution in [0.4, 0.5) is 39.5 Å². The van der Waals surface area contributed by atoms with Gasteiger partial charge in [0.25, 0.3) is 0 Å². The number of carboxylic acids is 1. The highest BCUT2D eigenvalue weighted by Crippen LogP contribution is 2.58. The summed E-state index contributed by atoms with van der Waals surface area (Å²) in [5.74, 6) is -15.1. The summed E-state index contributed by atoms with van der Waals surface area (Å²) in [4.78, 5) is 10.2. The van der Waals surface area contributed by atoms with Crippen molar-refractivity contribution in [3.63, 3.8) is 0 Å². The summed E-state index contributed by atoms with van der Waals surface area (Å²) in [6.45, 7) is 0. The number of carboxylic acid groups (broad SMARTS) is 1. The predicted molar refractivity (Wildman–Crippen MR) is 33.4 cm³/mol. The average Bonchev–Trinajstić information content (AvgIpc) is 2.34. The Morgan fingerprint density at radius 3 is 1.47 bits per heavy atom. The number of hydrogen-bond acceptors (Lipinski definition) is 3. The summed E-state index contributed by atoms with van der Waals surface area (Å²) in [5, 5.41) is 8.09. The molecule has 2 atom stereocenters. The van der Waals surface area contributed by atoms with Gasteiger partial charge in [-0.1, -0.05) is 0 Å². The van der Waals surface area contributed by atoms with Crippen molar-refractivity contribution >= 4 is 5.97 Å². The minimum absolute atomic E-state index is 2.43. The lowest BCUT2D eigenvalue weighted by atomic mass is 10.2. The molecule has 4 nitrogen and oxygen atoms in total. The Morgan fingerprint density at radius 2 is 1.32 bits per heavy atom. The van der Waals surface area contributed by atoms with Crippen molar-refractivity contribution in [2.75, 3.05) is 0 Å². The van der Waals surface area contributed by atoms with Gasteiger partial charge in [0, 0.05) is 0 Å². The molecule has 0 spiro atoms. The molecule has 13 heteroatoms. The number of halogens is 9. The fourth-order valence-corrected chi connectivity index (χ4v) is 1.07. The van der Waals surface area contributed by atoms with E-state index in [1.165, 1.54) is 0 Å². The summed E-state index contributed by atoms with van der Waals surface area (Å²) >= 11 is 0. The zero-order valence-corrected chi connectivity index (χ0v) is 8.07. The number of hydrogen-bond donors (Lipinski definition) is 1. The van der Waals surface area contributed by atoms with Gasteiger partial charge in [-0.2, -0.15) is 39.5 Å². The quantitative estimate of drug-likeness (QED) is 0.755. The van der Waals surface area contributed by atoms with E-state index in [0.717, 1.165) is 0 Å². The van der Waals surface area contributed by atoms with Crippen LogP contribution in [0.2, 0.25) is 0 Å². The molecule has 1 fully saturated rings. The van der Waals surface area contributed by atoms with Crippen LogP contribution in [-0.2, 0) is 14.3 Å². The van der Waals surface area contributed by atoms with E-state index in [-0.39, 0.29) is 0 Å². The standard InChI is InChI=1S/C6HF9O4/c7-3(5(11,12)13)6(14,15)19-2(18-3,1(16)17)4(8,9)10/h(H,16,17). The highest BCUT2D eigenvalue weighted by Gasteiger charge is 2.89. The maximum absolute atomic E-state index is 13.0. The lowest BCUT2D eigenvalue weighted by Gasteiger charge is -2.26. The topological polar surface area (TPSA) is 55.8 Å². The van der Waals surface area contributed by atoms with E-state index >= 15 is 0 Å². The molecule has 1 aliphatic rings. The van der Waals surface area contributed by atoms with Crippen LogP contribution in [-0.4, -0.2) is 41.2 Å². The molecule has 0 aromatic carbocycles. The van der Waals surface area contributed by atoms with Crippen LogP contribution >= 0.6 is 0 Å². The Labute approximate surface area is 96.2 Å². The molecule has 19 heavy (non-hydrogen) atoms. The van der Waals surface area contributed by atoms with Crippen molar-refractivity contribution in [2.45, 2.75) is 30.1 Å². The van der Waals surface area contributed by atoms with Gasteiger partial charge in [0.05, 0.1) is 0 Å². The zero-order valence-electron chi connectivity index (χ0n) is 8.07. The number of alkyl halides is 9. The second kappa shape index (κ2) is 3.65. The molecular weight excluding hydrogens is 307 g/mol. The maximum Gasteiger partial charge on any atom is 0.458 e. The summed E-state index contributed by atoms with van der Waals surface area (Å²) in [6, 6.07) is 0. The summed E-state index contributed by atoms with van der Waals surface area (Å²) in [6.07, 6.45) is -19.3. The Bertz CT molecular complexity index is 400. The fourth-order valence-electron chi connectivity index (χ4n) is 1.07. The van der Waals surface area contributed by atoms with Gasteiger partial charge in [-0.15, -0.1) is 0 Å². The van der Waals surface area contributed by atoms with Crippen LogP contribution < -0.4 is 0 Å². The van der Waals surface area contributed by atoms with Crippen molar-refractivity contribution in [1.29, 1.82) is 0 Å². The minimum Gasteiger partial charge on any atom is -0.477 e. The van der Waals surface area contributed by atoms with Gasteiger partial charge in [-0.3, -0.25) is 9.47 Å². The normalized spacial score (nSPS) is 35.4. The van der Waals surface area contributed by atoms with Gasteiger partial charge >= 0.3 is 36.1 Å². The second-order valence-corrected chi connectivity index (χ2v) is 3.23. The molecule has 0 aliphatic carbocycles. The molecule has 1 rings (SSSR count). The molecule has 0 aromatic rings. The SMILES string of the molecule is O=C(O)C1(C(F)(F)F)OC(F)(F)C(F)(C(F)(F)F)O1. The summed E-state index contributed by atoms with van der Waals surface area (Å²) in [7, 11) is 0. The third kappa shape index (κ3) is 1.91. The maximum atomic E-state index is 13.0. The summed E-state index contributed by atoms with van der Waals surface area (Å²) < 4.78 is 116. The first-order chi connectivity index (χ1) is 8.11. The Morgan fingerprint density at radius 1 is 0.895 bits per heavy atom. The molecule has 0 aromatic heterocycles. The van der Waals surface area contributed by atoms with E-state index in [0.29, 0.717) is 0 Å². The average molecular weight is 308 g/mol. The van der Waals surface area contributed by atoms with Crippen molar-refractivity contribution < 1.29 is 58.9 Å². The molecule has 0 radical (unpaired) electrons. The highest BCUT2D eigenvalue weighted by atomic mass is 19.4. The molecule has 2 unspecified atom stereocenters. The van der Waals surface area contributed by atoms with E-state index in [1.54, 1.807) is 0 Å². The van der Waals surface area contributed by atoms with Crippen LogP contribution in [0, 0.1) is 0 Å². The number of ether oxygens (including phenoxy) is 2. The molecule has 0 amide bonds. The first-order valence-corrected chi connectivity index (χ1v) is 3.95. The lowest BCUT2D eigenvalue weighted by molar-refractivity contribution is -0.397. The van der Waals surface area contributed by atoms with Gasteiger partial charge in [-0.25, -0.2) is 4.79 Å². The Kier molecular flexibility index (Phi) is 3.04. The highest BCUT2D eigenvalue weighted by molar-refractivity contribution is 5.77. The van der Waals surface area contributed by atoms with Gasteiger partial charge in [0.1, 0.15) is 0 Å². The number of carbonyl (C=O) groups is 1. The van der Waals surface area contributed by atoms with Crippen LogP contribution in [0.5, 0.6) is 0 Å². The molecule has 112 valence electrons. The molecule has 0 saturated carbocycles. The molecule has 1 aliphatic heterocycles. The Hall–Kier alpha value is -1.24. The van der Waals surface area contributed by atoms with Crippen molar-refractivity contribution in [1.82, 2.24) is 0 Å². The number of aliphatic carboxylic acids is 1. The summed E-state index contributed by atoms with van der Waals surface area (Å²) in [5.41, 5.74) is 0. The minimum atomic E-state index is -6.67. The predicted octanol–water partition coefficient (Wildman–Crippen LogP) is 2.20. The molecule has 1 saturated heterocycles. The smallest absolute Gasteiger partial charge is 0.458 e. The fraction of sp³-hybridized carbons (Fsp3) is 0.833. The van der Waals surface area contributed by atoms with E-state index in [4.69, 9.17) is 5.11 Å². The second-order valence-electron chi connectivity index (χ2n) is 3.23. The first kappa shape index (κ1) is 15.8. The van der Waals surface area contributed by atoms with Crippen LogP contribution in [0.15, 0.2) is 0 Å². The zero-order chi connectivity index (χ0) is 15.5. The molecule has 1 N–H and O–H groups in total. The van der Waals surface area contributed by atoms with Gasteiger partial charge < -0.3 is 5.11 Å². The third-order valence-electron chi connectivity index (χ3n) is 1.95. The van der Waals surface area contributed by atoms with Crippen LogP contribution in [0.1, 0.15) is 0 Å². The van der Waals surface area contributed by atoms with Gasteiger partial charge in [0.15, 0.2) is 0 Å². The van der Waals surface area contributed by atoms with Gasteiger partial charge in [-0.05, 0) is 0 Å². The van der Waals surface area contributed by atoms with E-state index in [2.05, 4.69) is 9.47 Å². The van der Waals surface area contributed by atoms with Crippen molar-refractivity contribution in [3.8, 4) is 0 Å². The number of rotatable bonds is 1. The Balaban J connectivity index is 3.45. The molecular formula is C6HF9O4. The van der Waals surface area contributed by atoms with Crippen LogP contribution in [0.25, 0.3) is 0 Å². The van der Waals surface area contributed by atoms with E-state index in [9.17, 15) is 44.3 Å². The third-order valence-corrected chi connectivity index (χ3v) is 1.95. The largest absolute Gasteiger partial charge is 0.477 e. The molecule has 0 bridgehead atoms. The van der Waals surface area contributed by atoms with Crippen molar-refractivity contribution in [3.05, 3.63) is 0 Å². The van der Waals surface area contributed by atoms with E-state index < -0.39 is 36.1 Å². The van der Waals surface area contributed by atoms with E-state index in [1.807, 2.05) is 0 Å².